The largest absolute Gasteiger partial charge is 0.306 e. The maximum Gasteiger partial charge on any atom is 0.254 e. The van der Waals surface area contributed by atoms with Crippen LogP contribution in [0.2, 0.25) is 4.34 Å². The van der Waals surface area contributed by atoms with Gasteiger partial charge >= 0.3 is 0 Å². The standard InChI is InChI=1S/C12H12BrClN2OS/c1-5(2)9-6(3)15-11(16-12(9)17)8-4-7(13)10(14)18-8/h4-5H,1-3H3,(H,15,16,17). The molecule has 2 heterocycles. The number of hydrogen-bond donors (Lipinski definition) is 1. The molecule has 0 aliphatic rings. The Labute approximate surface area is 122 Å². The van der Waals surface area contributed by atoms with E-state index >= 15 is 0 Å². The summed E-state index contributed by atoms with van der Waals surface area (Å²) in [6.07, 6.45) is 0. The fourth-order valence-corrected chi connectivity index (χ4v) is 3.50. The summed E-state index contributed by atoms with van der Waals surface area (Å²) in [4.78, 5) is 20.2. The summed E-state index contributed by atoms with van der Waals surface area (Å²) in [6, 6.07) is 1.86. The summed E-state index contributed by atoms with van der Waals surface area (Å²) in [5, 5.41) is 0. The quantitative estimate of drug-likeness (QED) is 0.878. The van der Waals surface area contributed by atoms with E-state index in [9.17, 15) is 4.79 Å². The van der Waals surface area contributed by atoms with Crippen molar-refractivity contribution in [3.05, 3.63) is 36.5 Å². The summed E-state index contributed by atoms with van der Waals surface area (Å²) < 4.78 is 1.47. The van der Waals surface area contributed by atoms with E-state index in [1.165, 1.54) is 11.3 Å². The van der Waals surface area contributed by atoms with Gasteiger partial charge in [0.2, 0.25) is 0 Å². The van der Waals surface area contributed by atoms with Gasteiger partial charge in [-0.25, -0.2) is 4.98 Å². The number of aromatic nitrogens is 2. The van der Waals surface area contributed by atoms with Gasteiger partial charge in [0.1, 0.15) is 4.34 Å². The number of nitrogens with zero attached hydrogens (tertiary/aromatic N) is 1. The highest BCUT2D eigenvalue weighted by molar-refractivity contribution is 9.10. The maximum absolute atomic E-state index is 12.0. The molecule has 0 aromatic carbocycles. The first-order chi connectivity index (χ1) is 8.40. The van der Waals surface area contributed by atoms with Crippen molar-refractivity contribution in [2.24, 2.45) is 0 Å². The second-order valence-electron chi connectivity index (χ2n) is 4.30. The smallest absolute Gasteiger partial charge is 0.254 e. The molecule has 1 N–H and O–H groups in total. The third-order valence-corrected chi connectivity index (χ3v) is 5.08. The molecule has 6 heteroatoms. The highest BCUT2D eigenvalue weighted by Gasteiger charge is 2.14. The van der Waals surface area contributed by atoms with Crippen LogP contribution in [-0.2, 0) is 0 Å². The zero-order chi connectivity index (χ0) is 13.4. The molecule has 0 bridgehead atoms. The van der Waals surface area contributed by atoms with Crippen LogP contribution in [0.4, 0.5) is 0 Å². The van der Waals surface area contributed by atoms with E-state index in [4.69, 9.17) is 11.6 Å². The molecule has 0 spiro atoms. The predicted molar refractivity (Wildman–Crippen MR) is 79.7 cm³/mol. The van der Waals surface area contributed by atoms with Crippen LogP contribution in [0, 0.1) is 6.92 Å². The molecule has 0 atom stereocenters. The van der Waals surface area contributed by atoms with E-state index in [-0.39, 0.29) is 11.5 Å². The Morgan fingerprint density at radius 3 is 2.61 bits per heavy atom. The molecule has 0 aliphatic heterocycles. The Hall–Kier alpha value is -0.650. The highest BCUT2D eigenvalue weighted by atomic mass is 79.9. The molecule has 0 radical (unpaired) electrons. The Bertz CT molecular complexity index is 629. The predicted octanol–water partition coefficient (Wildman–Crippen LogP) is 4.35. The molecule has 96 valence electrons. The first-order valence-electron chi connectivity index (χ1n) is 5.46. The van der Waals surface area contributed by atoms with Gasteiger partial charge < -0.3 is 4.98 Å². The summed E-state index contributed by atoms with van der Waals surface area (Å²) >= 11 is 10.7. The molecular formula is C12H12BrClN2OS. The van der Waals surface area contributed by atoms with Crippen LogP contribution in [0.15, 0.2) is 15.3 Å². The van der Waals surface area contributed by atoms with Gasteiger partial charge in [-0.05, 0) is 34.8 Å². The van der Waals surface area contributed by atoms with Crippen LogP contribution in [0.5, 0.6) is 0 Å². The molecule has 2 aromatic heterocycles. The molecule has 0 saturated heterocycles. The lowest BCUT2D eigenvalue weighted by Gasteiger charge is -2.08. The van der Waals surface area contributed by atoms with Crippen LogP contribution < -0.4 is 5.56 Å². The topological polar surface area (TPSA) is 45.8 Å². The Morgan fingerprint density at radius 2 is 2.17 bits per heavy atom. The number of aromatic amines is 1. The Balaban J connectivity index is 2.58. The fraction of sp³-hybridized carbons (Fsp3) is 0.333. The third-order valence-electron chi connectivity index (χ3n) is 2.60. The van der Waals surface area contributed by atoms with Gasteiger partial charge in [-0.15, -0.1) is 11.3 Å². The average Bonchev–Trinajstić information content (AvgIpc) is 2.57. The van der Waals surface area contributed by atoms with Crippen molar-refractivity contribution < 1.29 is 0 Å². The zero-order valence-corrected chi connectivity index (χ0v) is 13.3. The number of aryl methyl sites for hydroxylation is 1. The first-order valence-corrected chi connectivity index (χ1v) is 7.45. The normalized spacial score (nSPS) is 11.2. The van der Waals surface area contributed by atoms with Crippen LogP contribution in [0.25, 0.3) is 10.7 Å². The molecule has 3 nitrogen and oxygen atoms in total. The van der Waals surface area contributed by atoms with Crippen molar-refractivity contribution in [2.45, 2.75) is 26.7 Å². The molecule has 0 saturated carbocycles. The van der Waals surface area contributed by atoms with E-state index in [0.29, 0.717) is 10.2 Å². The molecule has 2 aromatic rings. The average molecular weight is 348 g/mol. The number of rotatable bonds is 2. The van der Waals surface area contributed by atoms with Crippen LogP contribution in [0.1, 0.15) is 31.0 Å². The number of nitrogens with one attached hydrogen (secondary N) is 1. The lowest BCUT2D eigenvalue weighted by Crippen LogP contribution is -2.18. The first kappa shape index (κ1) is 13.8. The number of H-pyrrole nitrogens is 1. The van der Waals surface area contributed by atoms with E-state index in [1.807, 2.05) is 26.8 Å². The second-order valence-corrected chi connectivity index (χ2v) is 6.81. The zero-order valence-electron chi connectivity index (χ0n) is 10.2. The van der Waals surface area contributed by atoms with E-state index in [1.54, 1.807) is 0 Å². The van der Waals surface area contributed by atoms with Crippen molar-refractivity contribution in [1.82, 2.24) is 9.97 Å². The van der Waals surface area contributed by atoms with E-state index < -0.39 is 0 Å². The van der Waals surface area contributed by atoms with Gasteiger partial charge in [-0.2, -0.15) is 0 Å². The number of hydrogen-bond acceptors (Lipinski definition) is 3. The Kier molecular flexibility index (Phi) is 3.94. The highest BCUT2D eigenvalue weighted by Crippen LogP contribution is 2.36. The molecule has 0 amide bonds. The van der Waals surface area contributed by atoms with Gasteiger partial charge in [0, 0.05) is 15.7 Å². The second kappa shape index (κ2) is 5.15. The van der Waals surface area contributed by atoms with Gasteiger partial charge in [-0.1, -0.05) is 25.4 Å². The summed E-state index contributed by atoms with van der Waals surface area (Å²) in [6.45, 7) is 5.83. The molecular weight excluding hydrogens is 336 g/mol. The monoisotopic (exact) mass is 346 g/mol. The minimum Gasteiger partial charge on any atom is -0.306 e. The summed E-state index contributed by atoms with van der Waals surface area (Å²) in [7, 11) is 0. The molecule has 0 fully saturated rings. The lowest BCUT2D eigenvalue weighted by atomic mass is 10.0. The van der Waals surface area contributed by atoms with Crippen molar-refractivity contribution in [3.63, 3.8) is 0 Å². The van der Waals surface area contributed by atoms with Gasteiger partial charge in [0.05, 0.1) is 4.88 Å². The number of thiophene rings is 1. The van der Waals surface area contributed by atoms with E-state index in [2.05, 4.69) is 25.9 Å². The summed E-state index contributed by atoms with van der Waals surface area (Å²) in [5.41, 5.74) is 1.43. The molecule has 0 unspecified atom stereocenters. The van der Waals surface area contributed by atoms with Gasteiger partial charge in [0.25, 0.3) is 5.56 Å². The molecule has 0 aliphatic carbocycles. The minimum atomic E-state index is -0.0758. The fourth-order valence-electron chi connectivity index (χ4n) is 1.86. The lowest BCUT2D eigenvalue weighted by molar-refractivity contribution is 0.815. The van der Waals surface area contributed by atoms with Crippen molar-refractivity contribution in [2.75, 3.05) is 0 Å². The Morgan fingerprint density at radius 1 is 1.50 bits per heavy atom. The van der Waals surface area contributed by atoms with Crippen molar-refractivity contribution in [1.29, 1.82) is 0 Å². The van der Waals surface area contributed by atoms with Gasteiger partial charge in [0.15, 0.2) is 5.82 Å². The number of halogens is 2. The maximum atomic E-state index is 12.0. The van der Waals surface area contributed by atoms with Crippen molar-refractivity contribution >= 4 is 38.9 Å². The van der Waals surface area contributed by atoms with Crippen LogP contribution in [0.3, 0.4) is 0 Å². The van der Waals surface area contributed by atoms with Crippen molar-refractivity contribution in [3.8, 4) is 10.7 Å². The van der Waals surface area contributed by atoms with E-state index in [0.717, 1.165) is 20.6 Å². The molecule has 18 heavy (non-hydrogen) atoms. The van der Waals surface area contributed by atoms with Crippen LogP contribution >= 0.6 is 38.9 Å². The molecule has 2 rings (SSSR count). The summed E-state index contributed by atoms with van der Waals surface area (Å²) in [5.74, 6) is 0.730. The minimum absolute atomic E-state index is 0.0758. The van der Waals surface area contributed by atoms with Crippen LogP contribution in [-0.4, -0.2) is 9.97 Å². The SMILES string of the molecule is Cc1nc(-c2cc(Br)c(Cl)s2)[nH]c(=O)c1C(C)C. The third kappa shape index (κ3) is 2.53. The van der Waals surface area contributed by atoms with Gasteiger partial charge in [-0.3, -0.25) is 4.79 Å².